The Labute approximate surface area is 116 Å². The molecule has 1 atom stereocenters. The maximum absolute atomic E-state index is 11.7. The van der Waals surface area contributed by atoms with Gasteiger partial charge in [0.1, 0.15) is 5.69 Å². The number of carboxylic acids is 1. The van der Waals surface area contributed by atoms with Crippen molar-refractivity contribution < 1.29 is 14.7 Å². The number of hydrogen-bond acceptors (Lipinski definition) is 4. The molecule has 1 aromatic rings. The predicted octanol–water partition coefficient (Wildman–Crippen LogP) is 2.18. The van der Waals surface area contributed by atoms with E-state index in [1.807, 2.05) is 6.92 Å². The number of rotatable bonds is 7. The molecule has 1 aromatic heterocycles. The van der Waals surface area contributed by atoms with Crippen molar-refractivity contribution in [1.82, 2.24) is 10.3 Å². The van der Waals surface area contributed by atoms with Crippen molar-refractivity contribution in [2.75, 3.05) is 5.75 Å². The number of hydrogen-bond donors (Lipinski definition) is 2. The Kier molecular flexibility index (Phi) is 6.35. The van der Waals surface area contributed by atoms with E-state index >= 15 is 0 Å². The van der Waals surface area contributed by atoms with Crippen LogP contribution in [0.2, 0.25) is 0 Å². The molecular formula is C13H18N2O3S. The van der Waals surface area contributed by atoms with E-state index in [0.29, 0.717) is 0 Å². The molecular weight excluding hydrogens is 264 g/mol. The molecule has 104 valence electrons. The first kappa shape index (κ1) is 15.5. The van der Waals surface area contributed by atoms with Crippen molar-refractivity contribution in [3.63, 3.8) is 0 Å². The summed E-state index contributed by atoms with van der Waals surface area (Å²) in [5.74, 6) is -0.833. The van der Waals surface area contributed by atoms with Gasteiger partial charge in [0.2, 0.25) is 5.91 Å². The SMILES string of the molecule is CCCC(C)NC(=O)CSc1ccnc(C(=O)O)c1. The van der Waals surface area contributed by atoms with E-state index in [4.69, 9.17) is 5.11 Å². The molecule has 0 radical (unpaired) electrons. The summed E-state index contributed by atoms with van der Waals surface area (Å²) in [4.78, 5) is 26.9. The smallest absolute Gasteiger partial charge is 0.354 e. The van der Waals surface area contributed by atoms with Crippen LogP contribution in [0.3, 0.4) is 0 Å². The fourth-order valence-corrected chi connectivity index (χ4v) is 2.32. The molecule has 1 unspecified atom stereocenters. The molecule has 5 nitrogen and oxygen atoms in total. The van der Waals surface area contributed by atoms with Crippen molar-refractivity contribution in [3.8, 4) is 0 Å². The molecule has 0 saturated heterocycles. The standard InChI is InChI=1S/C13H18N2O3S/c1-3-4-9(2)15-12(16)8-19-10-5-6-14-11(7-10)13(17)18/h5-7,9H,3-4,8H2,1-2H3,(H,15,16)(H,17,18). The van der Waals surface area contributed by atoms with Gasteiger partial charge >= 0.3 is 5.97 Å². The summed E-state index contributed by atoms with van der Waals surface area (Å²) in [6.07, 6.45) is 3.42. The lowest BCUT2D eigenvalue weighted by molar-refractivity contribution is -0.119. The Balaban J connectivity index is 2.46. The van der Waals surface area contributed by atoms with Gasteiger partial charge in [-0.3, -0.25) is 4.79 Å². The molecule has 0 bridgehead atoms. The van der Waals surface area contributed by atoms with Crippen molar-refractivity contribution in [1.29, 1.82) is 0 Å². The van der Waals surface area contributed by atoms with Gasteiger partial charge in [0.15, 0.2) is 0 Å². The molecule has 1 heterocycles. The van der Waals surface area contributed by atoms with Gasteiger partial charge in [0, 0.05) is 17.1 Å². The van der Waals surface area contributed by atoms with E-state index in [1.165, 1.54) is 24.0 Å². The van der Waals surface area contributed by atoms with Crippen LogP contribution >= 0.6 is 11.8 Å². The van der Waals surface area contributed by atoms with Gasteiger partial charge in [0.25, 0.3) is 0 Å². The lowest BCUT2D eigenvalue weighted by Crippen LogP contribution is -2.33. The predicted molar refractivity (Wildman–Crippen MR) is 74.4 cm³/mol. The summed E-state index contributed by atoms with van der Waals surface area (Å²) in [6, 6.07) is 3.33. The zero-order chi connectivity index (χ0) is 14.3. The van der Waals surface area contributed by atoms with Crippen LogP contribution in [0.5, 0.6) is 0 Å². The number of thioether (sulfide) groups is 1. The van der Waals surface area contributed by atoms with Crippen LogP contribution < -0.4 is 5.32 Å². The van der Waals surface area contributed by atoms with Gasteiger partial charge < -0.3 is 10.4 Å². The van der Waals surface area contributed by atoms with Gasteiger partial charge in [-0.1, -0.05) is 13.3 Å². The minimum Gasteiger partial charge on any atom is -0.477 e. The quantitative estimate of drug-likeness (QED) is 0.749. The zero-order valence-corrected chi connectivity index (χ0v) is 11.9. The molecule has 0 fully saturated rings. The minimum absolute atomic E-state index is 0.00948. The van der Waals surface area contributed by atoms with Crippen LogP contribution in [0.1, 0.15) is 37.2 Å². The lowest BCUT2D eigenvalue weighted by atomic mass is 10.2. The van der Waals surface area contributed by atoms with E-state index in [0.717, 1.165) is 17.7 Å². The topological polar surface area (TPSA) is 79.3 Å². The highest BCUT2D eigenvalue weighted by Gasteiger charge is 2.09. The highest BCUT2D eigenvalue weighted by molar-refractivity contribution is 8.00. The number of aromatic nitrogens is 1. The molecule has 19 heavy (non-hydrogen) atoms. The number of pyridine rings is 1. The van der Waals surface area contributed by atoms with Gasteiger partial charge in [-0.25, -0.2) is 9.78 Å². The Bertz CT molecular complexity index is 451. The third kappa shape index (κ3) is 5.74. The Morgan fingerprint density at radius 3 is 2.89 bits per heavy atom. The molecule has 0 aliphatic carbocycles. The molecule has 0 aliphatic heterocycles. The highest BCUT2D eigenvalue weighted by Crippen LogP contribution is 2.17. The largest absolute Gasteiger partial charge is 0.477 e. The first-order valence-electron chi connectivity index (χ1n) is 6.14. The number of carbonyl (C=O) groups excluding carboxylic acids is 1. The van der Waals surface area contributed by atoms with Gasteiger partial charge in [0.05, 0.1) is 5.75 Å². The van der Waals surface area contributed by atoms with Crippen LogP contribution in [-0.4, -0.2) is 33.8 Å². The third-order valence-electron chi connectivity index (χ3n) is 2.45. The van der Waals surface area contributed by atoms with Crippen LogP contribution in [0, 0.1) is 0 Å². The van der Waals surface area contributed by atoms with Crippen LogP contribution in [0.15, 0.2) is 23.2 Å². The Morgan fingerprint density at radius 2 is 2.26 bits per heavy atom. The number of carbonyl (C=O) groups is 2. The fraction of sp³-hybridized carbons (Fsp3) is 0.462. The maximum Gasteiger partial charge on any atom is 0.354 e. The summed E-state index contributed by atoms with van der Waals surface area (Å²) < 4.78 is 0. The highest BCUT2D eigenvalue weighted by atomic mass is 32.2. The third-order valence-corrected chi connectivity index (χ3v) is 3.44. The summed E-state index contributed by atoms with van der Waals surface area (Å²) in [5.41, 5.74) is -0.00948. The van der Waals surface area contributed by atoms with Crippen LogP contribution in [0.25, 0.3) is 0 Å². The number of amides is 1. The van der Waals surface area contributed by atoms with E-state index in [9.17, 15) is 9.59 Å². The average Bonchev–Trinajstić information content (AvgIpc) is 2.37. The number of nitrogens with zero attached hydrogens (tertiary/aromatic N) is 1. The molecule has 6 heteroatoms. The summed E-state index contributed by atoms with van der Waals surface area (Å²) in [6.45, 7) is 4.04. The van der Waals surface area contributed by atoms with Crippen molar-refractivity contribution in [3.05, 3.63) is 24.0 Å². The van der Waals surface area contributed by atoms with E-state index < -0.39 is 5.97 Å². The summed E-state index contributed by atoms with van der Waals surface area (Å²) in [7, 11) is 0. The Morgan fingerprint density at radius 1 is 1.53 bits per heavy atom. The van der Waals surface area contributed by atoms with Gasteiger partial charge in [-0.2, -0.15) is 0 Å². The summed E-state index contributed by atoms with van der Waals surface area (Å²) in [5, 5.41) is 11.7. The van der Waals surface area contributed by atoms with E-state index in [1.54, 1.807) is 6.07 Å². The monoisotopic (exact) mass is 282 g/mol. The second-order valence-electron chi connectivity index (χ2n) is 4.23. The first-order chi connectivity index (χ1) is 9.02. The molecule has 1 amide bonds. The van der Waals surface area contributed by atoms with Crippen molar-refractivity contribution in [2.24, 2.45) is 0 Å². The lowest BCUT2D eigenvalue weighted by Gasteiger charge is -2.12. The fourth-order valence-electron chi connectivity index (χ4n) is 1.59. The average molecular weight is 282 g/mol. The van der Waals surface area contributed by atoms with E-state index in [2.05, 4.69) is 17.2 Å². The summed E-state index contributed by atoms with van der Waals surface area (Å²) >= 11 is 1.30. The molecule has 0 saturated carbocycles. The number of carboxylic acid groups (broad SMARTS) is 1. The molecule has 0 aromatic carbocycles. The van der Waals surface area contributed by atoms with Gasteiger partial charge in [-0.05, 0) is 25.5 Å². The van der Waals surface area contributed by atoms with Crippen molar-refractivity contribution >= 4 is 23.6 Å². The zero-order valence-electron chi connectivity index (χ0n) is 11.0. The first-order valence-corrected chi connectivity index (χ1v) is 7.13. The van der Waals surface area contributed by atoms with Crippen molar-refractivity contribution in [2.45, 2.75) is 37.6 Å². The second kappa shape index (κ2) is 7.78. The number of nitrogens with one attached hydrogen (secondary N) is 1. The van der Waals surface area contributed by atoms with E-state index in [-0.39, 0.29) is 23.4 Å². The second-order valence-corrected chi connectivity index (χ2v) is 5.28. The maximum atomic E-state index is 11.7. The van der Waals surface area contributed by atoms with Crippen LogP contribution in [-0.2, 0) is 4.79 Å². The minimum atomic E-state index is -1.07. The van der Waals surface area contributed by atoms with Crippen LogP contribution in [0.4, 0.5) is 0 Å². The molecule has 0 spiro atoms. The molecule has 2 N–H and O–H groups in total. The number of aromatic carboxylic acids is 1. The molecule has 1 rings (SSSR count). The molecule has 0 aliphatic rings. The Hall–Kier alpha value is -1.56. The normalized spacial score (nSPS) is 11.9. The van der Waals surface area contributed by atoms with Gasteiger partial charge in [-0.15, -0.1) is 11.8 Å².